The van der Waals surface area contributed by atoms with E-state index in [1.165, 1.54) is 23.0 Å². The van der Waals surface area contributed by atoms with Crippen LogP contribution in [0.1, 0.15) is 25.6 Å². The summed E-state index contributed by atoms with van der Waals surface area (Å²) >= 11 is 0. The maximum Gasteiger partial charge on any atom is 0.279 e. The van der Waals surface area contributed by atoms with Crippen LogP contribution in [-0.4, -0.2) is 24.1 Å². The van der Waals surface area contributed by atoms with E-state index >= 15 is 0 Å². The Balaban J connectivity index is 1.79. The Hall–Kier alpha value is -3.75. The number of imidazole rings is 1. The molecule has 0 aliphatic heterocycles. The van der Waals surface area contributed by atoms with Crippen LogP contribution >= 0.6 is 0 Å². The molecule has 0 unspecified atom stereocenters. The van der Waals surface area contributed by atoms with Gasteiger partial charge in [-0.15, -0.1) is 0 Å². The van der Waals surface area contributed by atoms with Crippen LogP contribution in [0.2, 0.25) is 0 Å². The Labute approximate surface area is 163 Å². The van der Waals surface area contributed by atoms with E-state index in [0.717, 1.165) is 5.76 Å². The lowest BCUT2D eigenvalue weighted by Gasteiger charge is -2.15. The van der Waals surface area contributed by atoms with Crippen molar-refractivity contribution in [3.8, 4) is 23.2 Å². The first-order chi connectivity index (χ1) is 13.9. The van der Waals surface area contributed by atoms with Crippen molar-refractivity contribution in [3.05, 3.63) is 58.6 Å². The number of furan rings is 1. The summed E-state index contributed by atoms with van der Waals surface area (Å²) in [6.45, 7) is 5.54. The third kappa shape index (κ3) is 2.58. The van der Waals surface area contributed by atoms with Crippen molar-refractivity contribution in [1.29, 1.82) is 0 Å². The van der Waals surface area contributed by atoms with Gasteiger partial charge in [0.1, 0.15) is 23.4 Å². The minimum absolute atomic E-state index is 0.102. The lowest BCUT2D eigenvalue weighted by molar-refractivity contribution is 0.428. The third-order valence-corrected chi connectivity index (χ3v) is 4.75. The van der Waals surface area contributed by atoms with Crippen LogP contribution in [0.4, 0.5) is 4.39 Å². The fraction of sp³-hybridized carbons (Fsp3) is 0.200. The highest BCUT2D eigenvalue weighted by atomic mass is 19.1. The van der Waals surface area contributed by atoms with E-state index in [1.54, 1.807) is 22.6 Å². The van der Waals surface area contributed by atoms with Crippen LogP contribution in [0.15, 0.2) is 50.4 Å². The normalized spacial score (nSPS) is 11.9. The van der Waals surface area contributed by atoms with Crippen LogP contribution in [0.5, 0.6) is 0 Å². The van der Waals surface area contributed by atoms with Crippen LogP contribution in [0, 0.1) is 12.7 Å². The molecule has 0 N–H and O–H groups in total. The Morgan fingerprint density at radius 1 is 1.14 bits per heavy atom. The highest BCUT2D eigenvalue weighted by Crippen LogP contribution is 2.27. The van der Waals surface area contributed by atoms with E-state index in [2.05, 4.69) is 15.1 Å². The topological polar surface area (TPSA) is 91.4 Å². The van der Waals surface area contributed by atoms with Gasteiger partial charge in [0.25, 0.3) is 11.4 Å². The molecule has 0 saturated carbocycles. The van der Waals surface area contributed by atoms with Crippen LogP contribution in [-0.2, 0) is 0 Å². The molecule has 5 rings (SSSR count). The highest BCUT2D eigenvalue weighted by molar-refractivity contribution is 5.83. The molecule has 1 aromatic carbocycles. The van der Waals surface area contributed by atoms with Crippen molar-refractivity contribution in [2.45, 2.75) is 26.8 Å². The molecular weight excluding hydrogens is 377 g/mol. The molecule has 4 heterocycles. The Kier molecular flexibility index (Phi) is 3.67. The van der Waals surface area contributed by atoms with E-state index in [1.807, 2.05) is 20.8 Å². The molecule has 4 aromatic heterocycles. The fourth-order valence-electron chi connectivity index (χ4n) is 3.50. The molecule has 0 saturated heterocycles. The molecule has 0 bridgehead atoms. The van der Waals surface area contributed by atoms with Gasteiger partial charge in [-0.05, 0) is 51.1 Å². The molecule has 8 nitrogen and oxygen atoms in total. The summed E-state index contributed by atoms with van der Waals surface area (Å²) in [6.07, 6.45) is 1.50. The summed E-state index contributed by atoms with van der Waals surface area (Å²) in [5.41, 5.74) is 1.36. The number of fused-ring (bicyclic) bond motifs is 3. The number of benzene rings is 1. The zero-order chi connectivity index (χ0) is 20.3. The van der Waals surface area contributed by atoms with Gasteiger partial charge in [-0.3, -0.25) is 9.20 Å². The van der Waals surface area contributed by atoms with Crippen molar-refractivity contribution < 1.29 is 13.3 Å². The number of hydrogen-bond donors (Lipinski definition) is 0. The molecule has 0 radical (unpaired) electrons. The van der Waals surface area contributed by atoms with Gasteiger partial charge in [-0.25, -0.2) is 9.37 Å². The minimum atomic E-state index is -0.415. The Morgan fingerprint density at radius 3 is 2.69 bits per heavy atom. The van der Waals surface area contributed by atoms with Crippen LogP contribution < -0.4 is 5.56 Å². The zero-order valence-corrected chi connectivity index (χ0v) is 15.9. The third-order valence-electron chi connectivity index (χ3n) is 4.75. The monoisotopic (exact) mass is 393 g/mol. The average molecular weight is 393 g/mol. The second-order valence-corrected chi connectivity index (χ2v) is 7.05. The van der Waals surface area contributed by atoms with E-state index in [0.29, 0.717) is 16.8 Å². The number of halogens is 1. The molecule has 0 fully saturated rings. The smallest absolute Gasteiger partial charge is 0.279 e. The Morgan fingerprint density at radius 2 is 1.97 bits per heavy atom. The first-order valence-electron chi connectivity index (χ1n) is 9.05. The molecule has 146 valence electrons. The van der Waals surface area contributed by atoms with Gasteiger partial charge >= 0.3 is 0 Å². The van der Waals surface area contributed by atoms with Gasteiger partial charge in [-0.2, -0.15) is 4.98 Å². The molecule has 0 atom stereocenters. The first kappa shape index (κ1) is 17.4. The molecule has 0 amide bonds. The van der Waals surface area contributed by atoms with Crippen molar-refractivity contribution in [1.82, 2.24) is 24.1 Å². The van der Waals surface area contributed by atoms with Crippen molar-refractivity contribution in [2.24, 2.45) is 0 Å². The fourth-order valence-corrected chi connectivity index (χ4v) is 3.50. The molecule has 0 aliphatic rings. The van der Waals surface area contributed by atoms with Crippen molar-refractivity contribution in [3.63, 3.8) is 0 Å². The van der Waals surface area contributed by atoms with Crippen molar-refractivity contribution in [2.75, 3.05) is 0 Å². The summed E-state index contributed by atoms with van der Waals surface area (Å²) in [5, 5.41) is 3.94. The molecule has 5 aromatic rings. The summed E-state index contributed by atoms with van der Waals surface area (Å²) < 4.78 is 27.9. The zero-order valence-electron chi connectivity index (χ0n) is 15.9. The number of rotatable bonds is 3. The highest BCUT2D eigenvalue weighted by Gasteiger charge is 2.23. The Bertz CT molecular complexity index is 1440. The number of aromatic nitrogens is 5. The largest absolute Gasteiger partial charge is 0.458 e. The lowest BCUT2D eigenvalue weighted by Crippen LogP contribution is -2.24. The standard InChI is InChI=1S/C20H16FN5O3/c1-10(2)26-14-8-12(21)5-6-13(14)25-9-22-16(17(25)20(26)27)19-23-18(24-29-19)15-7-4-11(3)28-15/h4-10H,1-3H3. The molecule has 0 aliphatic carbocycles. The summed E-state index contributed by atoms with van der Waals surface area (Å²) in [7, 11) is 0. The van der Waals surface area contributed by atoms with Crippen LogP contribution in [0.25, 0.3) is 39.7 Å². The second kappa shape index (κ2) is 6.13. The number of aryl methyl sites for hydroxylation is 1. The number of hydrogen-bond acceptors (Lipinski definition) is 6. The predicted molar refractivity (Wildman–Crippen MR) is 103 cm³/mol. The summed E-state index contributed by atoms with van der Waals surface area (Å²) in [6, 6.07) is 7.66. The van der Waals surface area contributed by atoms with Gasteiger partial charge in [0.2, 0.25) is 5.82 Å². The minimum Gasteiger partial charge on any atom is -0.458 e. The van der Waals surface area contributed by atoms with E-state index in [9.17, 15) is 9.18 Å². The maximum atomic E-state index is 13.9. The maximum absolute atomic E-state index is 13.9. The quantitative estimate of drug-likeness (QED) is 0.460. The van der Waals surface area contributed by atoms with Gasteiger partial charge in [0.15, 0.2) is 11.5 Å². The van der Waals surface area contributed by atoms with Crippen molar-refractivity contribution >= 4 is 16.6 Å². The van der Waals surface area contributed by atoms with Gasteiger partial charge in [0.05, 0.1) is 11.0 Å². The SMILES string of the molecule is Cc1ccc(-c2noc(-c3ncn4c3c(=O)n(C(C)C)c3cc(F)ccc34)n2)o1. The summed E-state index contributed by atoms with van der Waals surface area (Å²) in [5.74, 6) is 1.13. The molecule has 9 heteroatoms. The second-order valence-electron chi connectivity index (χ2n) is 7.05. The van der Waals surface area contributed by atoms with E-state index in [-0.39, 0.29) is 34.5 Å². The van der Waals surface area contributed by atoms with E-state index < -0.39 is 5.82 Å². The molecule has 29 heavy (non-hydrogen) atoms. The number of nitrogens with zero attached hydrogens (tertiary/aromatic N) is 5. The predicted octanol–water partition coefficient (Wildman–Crippen LogP) is 3.99. The van der Waals surface area contributed by atoms with Gasteiger partial charge in [0, 0.05) is 6.04 Å². The van der Waals surface area contributed by atoms with E-state index in [4.69, 9.17) is 8.94 Å². The van der Waals surface area contributed by atoms with Gasteiger partial charge < -0.3 is 13.5 Å². The average Bonchev–Trinajstić information content (AvgIpc) is 3.39. The van der Waals surface area contributed by atoms with Crippen LogP contribution in [0.3, 0.4) is 0 Å². The lowest BCUT2D eigenvalue weighted by atomic mass is 10.2. The molecule has 0 spiro atoms. The first-order valence-corrected chi connectivity index (χ1v) is 9.05. The molecular formula is C20H16FN5O3. The van der Waals surface area contributed by atoms with Gasteiger partial charge in [-0.1, -0.05) is 5.16 Å². The summed E-state index contributed by atoms with van der Waals surface area (Å²) in [4.78, 5) is 22.0.